The third kappa shape index (κ3) is 5.06. The van der Waals surface area contributed by atoms with Gasteiger partial charge in [-0.2, -0.15) is 4.72 Å². The Kier molecular flexibility index (Phi) is 5.79. The fourth-order valence-electron chi connectivity index (χ4n) is 2.57. The van der Waals surface area contributed by atoms with Crippen molar-refractivity contribution >= 4 is 39.2 Å². The van der Waals surface area contributed by atoms with E-state index in [0.717, 1.165) is 5.56 Å². The van der Waals surface area contributed by atoms with Crippen molar-refractivity contribution in [2.75, 3.05) is 11.9 Å². The molecule has 1 fully saturated rings. The maximum atomic E-state index is 12.3. The van der Waals surface area contributed by atoms with Crippen LogP contribution in [0.4, 0.5) is 5.69 Å². The maximum absolute atomic E-state index is 12.3. The Labute approximate surface area is 161 Å². The second-order valence-electron chi connectivity index (χ2n) is 6.01. The third-order valence-electron chi connectivity index (χ3n) is 3.96. The van der Waals surface area contributed by atoms with Crippen LogP contribution in [0.25, 0.3) is 0 Å². The summed E-state index contributed by atoms with van der Waals surface area (Å²) in [6.07, 6.45) is 0.472. The predicted octanol–water partition coefficient (Wildman–Crippen LogP) is 2.12. The summed E-state index contributed by atoms with van der Waals surface area (Å²) in [5.41, 5.74) is 1.27. The van der Waals surface area contributed by atoms with E-state index < -0.39 is 22.0 Å². The zero-order valence-electron chi connectivity index (χ0n) is 14.1. The average molecular weight is 409 g/mol. The number of amides is 1. The number of nitrogens with one attached hydrogen (secondary N) is 2. The lowest BCUT2D eigenvalue weighted by atomic mass is 10.1. The van der Waals surface area contributed by atoms with Crippen LogP contribution in [0.5, 0.6) is 0 Å². The quantitative estimate of drug-likeness (QED) is 0.713. The van der Waals surface area contributed by atoms with E-state index in [0.29, 0.717) is 17.1 Å². The number of benzene rings is 2. The molecule has 0 bridgehead atoms. The van der Waals surface area contributed by atoms with Crippen LogP contribution in [0.15, 0.2) is 53.4 Å². The van der Waals surface area contributed by atoms with Crippen LogP contribution in [-0.4, -0.2) is 32.9 Å². The van der Waals surface area contributed by atoms with Gasteiger partial charge in [0.1, 0.15) is 6.04 Å². The van der Waals surface area contributed by atoms with Gasteiger partial charge in [0.15, 0.2) is 0 Å². The van der Waals surface area contributed by atoms with Gasteiger partial charge in [-0.15, -0.1) is 0 Å². The number of halogens is 1. The highest BCUT2D eigenvalue weighted by molar-refractivity contribution is 7.89. The zero-order valence-corrected chi connectivity index (χ0v) is 15.7. The molecule has 1 heterocycles. The number of carbonyl (C=O) groups excluding carboxylic acids is 2. The van der Waals surface area contributed by atoms with Crippen LogP contribution >= 0.6 is 11.6 Å². The van der Waals surface area contributed by atoms with Gasteiger partial charge >= 0.3 is 5.97 Å². The summed E-state index contributed by atoms with van der Waals surface area (Å²) in [6, 6.07) is 11.8. The van der Waals surface area contributed by atoms with Crippen LogP contribution < -0.4 is 10.0 Å². The summed E-state index contributed by atoms with van der Waals surface area (Å²) in [6.45, 7) is 0.199. The molecule has 9 heteroatoms. The number of esters is 1. The number of hydrogen-bond acceptors (Lipinski definition) is 5. The minimum Gasteiger partial charge on any atom is -0.464 e. The topological polar surface area (TPSA) is 102 Å². The van der Waals surface area contributed by atoms with Crippen molar-refractivity contribution < 1.29 is 22.7 Å². The van der Waals surface area contributed by atoms with E-state index in [9.17, 15) is 18.0 Å². The first kappa shape index (κ1) is 19.3. The number of ether oxygens (including phenoxy) is 1. The molecule has 1 atom stereocenters. The van der Waals surface area contributed by atoms with E-state index in [2.05, 4.69) is 10.0 Å². The molecule has 2 aromatic rings. The fourth-order valence-corrected chi connectivity index (χ4v) is 3.91. The van der Waals surface area contributed by atoms with Crippen LogP contribution in [0.2, 0.25) is 5.02 Å². The van der Waals surface area contributed by atoms with E-state index in [4.69, 9.17) is 16.3 Å². The molecule has 0 aliphatic carbocycles. The monoisotopic (exact) mass is 408 g/mol. The van der Waals surface area contributed by atoms with Gasteiger partial charge in [-0.05, 0) is 42.0 Å². The summed E-state index contributed by atoms with van der Waals surface area (Å²) in [5.74, 6) is -0.815. The molecular weight excluding hydrogens is 392 g/mol. The minimum absolute atomic E-state index is 0.00194. The van der Waals surface area contributed by atoms with Gasteiger partial charge < -0.3 is 10.1 Å². The van der Waals surface area contributed by atoms with Gasteiger partial charge in [0.05, 0.1) is 17.9 Å². The van der Waals surface area contributed by atoms with E-state index >= 15 is 0 Å². The molecular formula is C18H17ClN2O5S. The molecule has 142 valence electrons. The van der Waals surface area contributed by atoms with Crippen molar-refractivity contribution in [3.8, 4) is 0 Å². The van der Waals surface area contributed by atoms with Gasteiger partial charge in [0, 0.05) is 17.1 Å². The van der Waals surface area contributed by atoms with Crippen LogP contribution in [0.1, 0.15) is 12.0 Å². The Morgan fingerprint density at radius 3 is 2.37 bits per heavy atom. The second kappa shape index (κ2) is 8.08. The summed E-state index contributed by atoms with van der Waals surface area (Å²) < 4.78 is 31.7. The third-order valence-corrected chi connectivity index (χ3v) is 5.70. The molecule has 1 aliphatic heterocycles. The van der Waals surface area contributed by atoms with Gasteiger partial charge in [0.25, 0.3) is 0 Å². The van der Waals surface area contributed by atoms with Gasteiger partial charge in [-0.3, -0.25) is 9.59 Å². The lowest BCUT2D eigenvalue weighted by Gasteiger charge is -2.11. The van der Waals surface area contributed by atoms with Crippen LogP contribution in [0.3, 0.4) is 0 Å². The summed E-state index contributed by atoms with van der Waals surface area (Å²) in [4.78, 5) is 23.5. The Balaban J connectivity index is 1.61. The van der Waals surface area contributed by atoms with Gasteiger partial charge in [-0.25, -0.2) is 8.42 Å². The number of hydrogen-bond donors (Lipinski definition) is 2. The lowest BCUT2D eigenvalue weighted by Crippen LogP contribution is -2.37. The standard InChI is InChI=1S/C18H17ClN2O5S/c19-13-3-1-12(2-4-13)11-17(22)20-14-5-7-15(8-6-14)27(24,25)21-16-9-10-26-18(16)23/h1-8,16,21H,9-11H2,(H,20,22)/t16-/m0/s1. The van der Waals surface area contributed by atoms with Crippen LogP contribution in [0, 0.1) is 0 Å². The fraction of sp³-hybridized carbons (Fsp3) is 0.222. The van der Waals surface area contributed by atoms with E-state index in [1.807, 2.05) is 0 Å². The Bertz CT molecular complexity index is 943. The van der Waals surface area contributed by atoms with Crippen molar-refractivity contribution in [2.24, 2.45) is 0 Å². The highest BCUT2D eigenvalue weighted by Crippen LogP contribution is 2.17. The van der Waals surface area contributed by atoms with Crippen molar-refractivity contribution in [3.63, 3.8) is 0 Å². The normalized spacial score (nSPS) is 16.8. The van der Waals surface area contributed by atoms with Crippen LogP contribution in [-0.2, 0) is 30.8 Å². The highest BCUT2D eigenvalue weighted by atomic mass is 35.5. The predicted molar refractivity (Wildman–Crippen MR) is 99.9 cm³/mol. The minimum atomic E-state index is -3.85. The largest absolute Gasteiger partial charge is 0.464 e. The highest BCUT2D eigenvalue weighted by Gasteiger charge is 2.31. The number of anilines is 1. The summed E-state index contributed by atoms with van der Waals surface area (Å²) >= 11 is 5.81. The Hall–Kier alpha value is -2.42. The molecule has 2 N–H and O–H groups in total. The summed E-state index contributed by atoms with van der Waals surface area (Å²) in [5, 5.41) is 3.30. The van der Waals surface area contributed by atoms with E-state index in [-0.39, 0.29) is 23.8 Å². The molecule has 0 radical (unpaired) electrons. The van der Waals surface area contributed by atoms with Gasteiger partial charge in [-0.1, -0.05) is 23.7 Å². The van der Waals surface area contributed by atoms with Crippen molar-refractivity contribution in [3.05, 3.63) is 59.1 Å². The molecule has 3 rings (SSSR count). The maximum Gasteiger partial charge on any atom is 0.324 e. The molecule has 2 aromatic carbocycles. The molecule has 0 aromatic heterocycles. The Morgan fingerprint density at radius 2 is 1.78 bits per heavy atom. The first-order valence-corrected chi connectivity index (χ1v) is 10.0. The molecule has 1 amide bonds. The van der Waals surface area contributed by atoms with E-state index in [1.165, 1.54) is 24.3 Å². The van der Waals surface area contributed by atoms with E-state index in [1.54, 1.807) is 24.3 Å². The first-order chi connectivity index (χ1) is 12.8. The SMILES string of the molecule is O=C(Cc1ccc(Cl)cc1)Nc1ccc(S(=O)(=O)N[C@H]2CCOC2=O)cc1. The molecule has 1 saturated heterocycles. The lowest BCUT2D eigenvalue weighted by molar-refractivity contribution is -0.139. The molecule has 27 heavy (non-hydrogen) atoms. The molecule has 1 aliphatic rings. The molecule has 0 saturated carbocycles. The molecule has 0 unspecified atom stereocenters. The first-order valence-electron chi connectivity index (χ1n) is 8.17. The van der Waals surface area contributed by atoms with Crippen molar-refractivity contribution in [2.45, 2.75) is 23.8 Å². The smallest absolute Gasteiger partial charge is 0.324 e. The van der Waals surface area contributed by atoms with Crippen molar-refractivity contribution in [1.82, 2.24) is 4.72 Å². The number of carbonyl (C=O) groups is 2. The van der Waals surface area contributed by atoms with Gasteiger partial charge in [0.2, 0.25) is 15.9 Å². The van der Waals surface area contributed by atoms with Crippen molar-refractivity contribution in [1.29, 1.82) is 0 Å². The number of cyclic esters (lactones) is 1. The average Bonchev–Trinajstić information content (AvgIpc) is 3.01. The zero-order chi connectivity index (χ0) is 19.4. The Morgan fingerprint density at radius 1 is 1.11 bits per heavy atom. The number of rotatable bonds is 6. The second-order valence-corrected chi connectivity index (χ2v) is 8.16. The molecule has 0 spiro atoms. The number of sulfonamides is 1. The molecule has 7 nitrogen and oxygen atoms in total. The summed E-state index contributed by atoms with van der Waals surface area (Å²) in [7, 11) is -3.85.